The molecule has 1 amide bonds. The predicted octanol–water partition coefficient (Wildman–Crippen LogP) is 3.42. The van der Waals surface area contributed by atoms with Crippen LogP contribution in [0.1, 0.15) is 22.7 Å². The van der Waals surface area contributed by atoms with Crippen LogP contribution in [0.5, 0.6) is 5.75 Å². The number of amides is 1. The number of benzene rings is 1. The first kappa shape index (κ1) is 17.7. The van der Waals surface area contributed by atoms with Gasteiger partial charge in [-0.2, -0.15) is 5.26 Å². The second-order valence-corrected chi connectivity index (χ2v) is 6.28. The molecule has 6 heteroatoms. The summed E-state index contributed by atoms with van der Waals surface area (Å²) in [6.45, 7) is 2.81. The second kappa shape index (κ2) is 8.85. The molecule has 0 bridgehead atoms. The van der Waals surface area contributed by atoms with Crippen molar-refractivity contribution in [1.82, 2.24) is 9.88 Å². The van der Waals surface area contributed by atoms with E-state index in [0.717, 1.165) is 22.0 Å². The summed E-state index contributed by atoms with van der Waals surface area (Å²) in [5.74, 6) is 0.600. The Morgan fingerprint density at radius 2 is 2.33 bits per heavy atom. The van der Waals surface area contributed by atoms with Crippen molar-refractivity contribution < 1.29 is 9.53 Å². The Kier molecular flexibility index (Phi) is 6.52. The van der Waals surface area contributed by atoms with E-state index in [-0.39, 0.29) is 5.91 Å². The van der Waals surface area contributed by atoms with Gasteiger partial charge in [-0.05, 0) is 30.7 Å². The highest BCUT2D eigenvalue weighted by Crippen LogP contribution is 2.17. The molecule has 1 heterocycles. The monoisotopic (exact) mass is 341 g/mol. The average Bonchev–Trinajstić information content (AvgIpc) is 3.01. The quantitative estimate of drug-likeness (QED) is 0.724. The number of rotatable bonds is 7. The van der Waals surface area contributed by atoms with E-state index in [1.165, 1.54) is 11.0 Å². The van der Waals surface area contributed by atoms with Crippen LogP contribution in [0, 0.1) is 18.3 Å². The molecule has 0 spiro atoms. The van der Waals surface area contributed by atoms with Gasteiger partial charge in [-0.1, -0.05) is 12.1 Å². The number of hydrogen-bond acceptors (Lipinski definition) is 5. The summed E-state index contributed by atoms with van der Waals surface area (Å²) in [5.41, 5.74) is 1.79. The summed E-state index contributed by atoms with van der Waals surface area (Å²) in [6, 6.07) is 9.55. The minimum Gasteiger partial charge on any atom is -0.487 e. The lowest BCUT2D eigenvalue weighted by Crippen LogP contribution is -2.25. The summed E-state index contributed by atoms with van der Waals surface area (Å²) in [7, 11) is 1.68. The van der Waals surface area contributed by atoms with Gasteiger partial charge in [0.1, 0.15) is 12.4 Å². The minimum atomic E-state index is -0.130. The molecule has 0 aliphatic heterocycles. The first-order valence-electron chi connectivity index (χ1n) is 7.52. The number of carbonyl (C=O) groups excluding carboxylic acids is 1. The lowest BCUT2D eigenvalue weighted by atomic mass is 10.2. The zero-order valence-electron chi connectivity index (χ0n) is 13.7. The van der Waals surface area contributed by atoms with Crippen LogP contribution in [0.25, 0.3) is 6.08 Å². The molecule has 5 nitrogen and oxygen atoms in total. The van der Waals surface area contributed by atoms with Gasteiger partial charge >= 0.3 is 0 Å². The topological polar surface area (TPSA) is 66.2 Å². The first-order valence-corrected chi connectivity index (χ1v) is 8.40. The standard InChI is InChI=1S/C18H19N3O2S/c1-14-20-16(13-24-14)12-23-17-6-3-5-15(11-17)7-8-18(22)21(2)10-4-9-19/h3,5-8,11,13H,4,10,12H2,1-2H3/b8-7+. The molecule has 0 fully saturated rings. The summed E-state index contributed by atoms with van der Waals surface area (Å²) in [6.07, 6.45) is 3.57. The van der Waals surface area contributed by atoms with Crippen LogP contribution in [-0.4, -0.2) is 29.4 Å². The molecule has 0 unspecified atom stereocenters. The van der Waals surface area contributed by atoms with Crippen molar-refractivity contribution in [3.63, 3.8) is 0 Å². The van der Waals surface area contributed by atoms with E-state index in [2.05, 4.69) is 4.98 Å². The van der Waals surface area contributed by atoms with E-state index in [9.17, 15) is 4.79 Å². The van der Waals surface area contributed by atoms with Gasteiger partial charge in [0.05, 0.1) is 23.2 Å². The van der Waals surface area contributed by atoms with E-state index < -0.39 is 0 Å². The Morgan fingerprint density at radius 3 is 3.04 bits per heavy atom. The van der Waals surface area contributed by atoms with Crippen molar-refractivity contribution in [2.75, 3.05) is 13.6 Å². The number of aromatic nitrogens is 1. The molecular weight excluding hydrogens is 322 g/mol. The van der Waals surface area contributed by atoms with E-state index >= 15 is 0 Å². The summed E-state index contributed by atoms with van der Waals surface area (Å²) < 4.78 is 5.73. The van der Waals surface area contributed by atoms with Crippen molar-refractivity contribution in [3.8, 4) is 11.8 Å². The van der Waals surface area contributed by atoms with Gasteiger partial charge < -0.3 is 9.64 Å². The highest BCUT2D eigenvalue weighted by molar-refractivity contribution is 7.09. The molecule has 0 saturated heterocycles. The molecule has 0 radical (unpaired) electrons. The first-order chi connectivity index (χ1) is 11.6. The third kappa shape index (κ3) is 5.52. The second-order valence-electron chi connectivity index (χ2n) is 5.22. The number of likely N-dealkylation sites (N-methyl/N-ethyl adjacent to an activating group) is 1. The predicted molar refractivity (Wildman–Crippen MR) is 94.5 cm³/mol. The van der Waals surface area contributed by atoms with Crippen molar-refractivity contribution in [1.29, 1.82) is 5.26 Å². The van der Waals surface area contributed by atoms with Crippen molar-refractivity contribution in [3.05, 3.63) is 52.0 Å². The fourth-order valence-corrected chi connectivity index (χ4v) is 2.56. The van der Waals surface area contributed by atoms with Gasteiger partial charge in [-0.3, -0.25) is 4.79 Å². The van der Waals surface area contributed by atoms with E-state index in [4.69, 9.17) is 10.00 Å². The third-order valence-electron chi connectivity index (χ3n) is 3.26. The molecule has 24 heavy (non-hydrogen) atoms. The van der Waals surface area contributed by atoms with Crippen molar-refractivity contribution in [2.24, 2.45) is 0 Å². The van der Waals surface area contributed by atoms with Crippen LogP contribution in [-0.2, 0) is 11.4 Å². The Bertz CT molecular complexity index is 762. The van der Waals surface area contributed by atoms with Gasteiger partial charge in [0.15, 0.2) is 0 Å². The molecule has 0 saturated carbocycles. The zero-order chi connectivity index (χ0) is 17.4. The maximum absolute atomic E-state index is 11.9. The van der Waals surface area contributed by atoms with Gasteiger partial charge in [-0.25, -0.2) is 4.98 Å². The smallest absolute Gasteiger partial charge is 0.246 e. The molecule has 2 rings (SSSR count). The van der Waals surface area contributed by atoms with E-state index in [1.807, 2.05) is 42.6 Å². The van der Waals surface area contributed by atoms with Gasteiger partial charge in [0.2, 0.25) is 5.91 Å². The van der Waals surface area contributed by atoms with Crippen molar-refractivity contribution in [2.45, 2.75) is 20.0 Å². The number of hydrogen-bond donors (Lipinski definition) is 0. The molecule has 1 aromatic carbocycles. The van der Waals surface area contributed by atoms with Crippen LogP contribution in [0.3, 0.4) is 0 Å². The number of thiazole rings is 1. The zero-order valence-corrected chi connectivity index (χ0v) is 14.5. The average molecular weight is 341 g/mol. The molecule has 2 aromatic rings. The number of nitriles is 1. The summed E-state index contributed by atoms with van der Waals surface area (Å²) >= 11 is 1.60. The van der Waals surface area contributed by atoms with Gasteiger partial charge in [-0.15, -0.1) is 11.3 Å². The molecule has 0 N–H and O–H groups in total. The van der Waals surface area contributed by atoms with Crippen molar-refractivity contribution >= 4 is 23.3 Å². The Labute approximate surface area is 145 Å². The summed E-state index contributed by atoms with van der Waals surface area (Å²) in [4.78, 5) is 17.8. The number of nitrogens with zero attached hydrogens (tertiary/aromatic N) is 3. The largest absolute Gasteiger partial charge is 0.487 e. The van der Waals surface area contributed by atoms with Crippen LogP contribution in [0.2, 0.25) is 0 Å². The van der Waals surface area contributed by atoms with Crippen LogP contribution in [0.15, 0.2) is 35.7 Å². The molecule has 0 aliphatic carbocycles. The number of ether oxygens (including phenoxy) is 1. The fraction of sp³-hybridized carbons (Fsp3) is 0.278. The number of carbonyl (C=O) groups is 1. The lowest BCUT2D eigenvalue weighted by Gasteiger charge is -2.12. The minimum absolute atomic E-state index is 0.130. The molecular formula is C18H19N3O2S. The molecule has 124 valence electrons. The maximum Gasteiger partial charge on any atom is 0.246 e. The summed E-state index contributed by atoms with van der Waals surface area (Å²) in [5, 5.41) is 11.5. The maximum atomic E-state index is 11.9. The third-order valence-corrected chi connectivity index (χ3v) is 4.09. The van der Waals surface area contributed by atoms with E-state index in [0.29, 0.717) is 19.6 Å². The fourth-order valence-electron chi connectivity index (χ4n) is 1.96. The lowest BCUT2D eigenvalue weighted by molar-refractivity contribution is -0.124. The molecule has 0 atom stereocenters. The van der Waals surface area contributed by atoms with Gasteiger partial charge in [0, 0.05) is 25.0 Å². The normalized spacial score (nSPS) is 10.5. The SMILES string of the molecule is Cc1nc(COc2cccc(/C=C/C(=O)N(C)CCC#N)c2)cs1. The highest BCUT2D eigenvalue weighted by atomic mass is 32.1. The molecule has 0 aliphatic rings. The molecule has 1 aromatic heterocycles. The Morgan fingerprint density at radius 1 is 1.50 bits per heavy atom. The van der Waals surface area contributed by atoms with Gasteiger partial charge in [0.25, 0.3) is 0 Å². The Balaban J connectivity index is 1.93. The van der Waals surface area contributed by atoms with Crippen LogP contribution in [0.4, 0.5) is 0 Å². The van der Waals surface area contributed by atoms with Crippen LogP contribution >= 0.6 is 11.3 Å². The number of aryl methyl sites for hydroxylation is 1. The van der Waals surface area contributed by atoms with E-state index in [1.54, 1.807) is 24.5 Å². The van der Waals surface area contributed by atoms with Crippen LogP contribution < -0.4 is 4.74 Å². The Hall–Kier alpha value is -2.65. The highest BCUT2D eigenvalue weighted by Gasteiger charge is 2.04.